The van der Waals surface area contributed by atoms with Crippen LogP contribution in [0, 0.1) is 11.8 Å². The third kappa shape index (κ3) is 2.27. The van der Waals surface area contributed by atoms with Crippen LogP contribution in [0.5, 0.6) is 0 Å². The summed E-state index contributed by atoms with van der Waals surface area (Å²) in [5.74, 6) is 0.882. The summed E-state index contributed by atoms with van der Waals surface area (Å²) in [5.41, 5.74) is 0. The molecule has 14 heavy (non-hydrogen) atoms. The van der Waals surface area contributed by atoms with Crippen LogP contribution in [0.25, 0.3) is 0 Å². The van der Waals surface area contributed by atoms with Gasteiger partial charge in [0.05, 0.1) is 6.10 Å². The smallest absolute Gasteiger partial charge is 0.223 e. The van der Waals surface area contributed by atoms with E-state index in [1.54, 1.807) is 0 Å². The Morgan fingerprint density at radius 2 is 2.00 bits per heavy atom. The highest BCUT2D eigenvalue weighted by Crippen LogP contribution is 2.30. The van der Waals surface area contributed by atoms with E-state index in [1.165, 1.54) is 0 Å². The molecule has 0 aromatic heterocycles. The largest absolute Gasteiger partial charge is 0.393 e. The Kier molecular flexibility index (Phi) is 2.77. The van der Waals surface area contributed by atoms with E-state index < -0.39 is 0 Å². The second-order valence-corrected chi connectivity index (χ2v) is 4.84. The zero-order valence-electron chi connectivity index (χ0n) is 8.70. The van der Waals surface area contributed by atoms with E-state index >= 15 is 0 Å². The molecule has 0 heterocycles. The summed E-state index contributed by atoms with van der Waals surface area (Å²) in [6, 6.07) is 0.217. The number of rotatable bonds is 2. The molecule has 0 bridgehead atoms. The van der Waals surface area contributed by atoms with Crippen LogP contribution in [-0.4, -0.2) is 23.2 Å². The van der Waals surface area contributed by atoms with Crippen molar-refractivity contribution in [2.75, 3.05) is 0 Å². The molecule has 3 nitrogen and oxygen atoms in total. The molecule has 0 spiro atoms. The van der Waals surface area contributed by atoms with Crippen molar-refractivity contribution in [3.63, 3.8) is 0 Å². The zero-order valence-corrected chi connectivity index (χ0v) is 8.70. The van der Waals surface area contributed by atoms with Crippen LogP contribution in [0.4, 0.5) is 0 Å². The lowest BCUT2D eigenvalue weighted by Gasteiger charge is -2.31. The maximum Gasteiger partial charge on any atom is 0.223 e. The van der Waals surface area contributed by atoms with E-state index in [2.05, 4.69) is 12.2 Å². The Bertz CT molecular complexity index is 225. The SMILES string of the molecule is CC1CCC(NC(=O)C2CC2)CC1O. The Hall–Kier alpha value is -0.570. The Morgan fingerprint density at radius 3 is 2.57 bits per heavy atom. The van der Waals surface area contributed by atoms with Gasteiger partial charge >= 0.3 is 0 Å². The molecule has 0 saturated heterocycles. The van der Waals surface area contributed by atoms with Crippen molar-refractivity contribution in [2.45, 2.75) is 51.2 Å². The Morgan fingerprint density at radius 1 is 1.29 bits per heavy atom. The number of hydrogen-bond acceptors (Lipinski definition) is 2. The van der Waals surface area contributed by atoms with Gasteiger partial charge in [-0.3, -0.25) is 4.79 Å². The van der Waals surface area contributed by atoms with Crippen molar-refractivity contribution < 1.29 is 9.90 Å². The molecule has 0 aliphatic heterocycles. The number of amides is 1. The normalized spacial score (nSPS) is 38.0. The van der Waals surface area contributed by atoms with Crippen LogP contribution in [0.1, 0.15) is 39.0 Å². The van der Waals surface area contributed by atoms with Crippen LogP contribution in [0.2, 0.25) is 0 Å². The predicted molar refractivity (Wildman–Crippen MR) is 53.7 cm³/mol. The molecule has 2 aliphatic carbocycles. The molecule has 0 aromatic rings. The highest BCUT2D eigenvalue weighted by Gasteiger charge is 2.33. The molecule has 2 aliphatic rings. The zero-order chi connectivity index (χ0) is 10.1. The summed E-state index contributed by atoms with van der Waals surface area (Å²) in [6.45, 7) is 2.07. The topological polar surface area (TPSA) is 49.3 Å². The lowest BCUT2D eigenvalue weighted by atomic mass is 9.85. The molecule has 2 rings (SSSR count). The van der Waals surface area contributed by atoms with E-state index in [0.717, 1.165) is 32.1 Å². The molecule has 2 N–H and O–H groups in total. The van der Waals surface area contributed by atoms with E-state index in [1.807, 2.05) is 0 Å². The van der Waals surface area contributed by atoms with Crippen LogP contribution < -0.4 is 5.32 Å². The summed E-state index contributed by atoms with van der Waals surface area (Å²) < 4.78 is 0. The monoisotopic (exact) mass is 197 g/mol. The van der Waals surface area contributed by atoms with Crippen molar-refractivity contribution in [1.29, 1.82) is 0 Å². The molecule has 80 valence electrons. The van der Waals surface area contributed by atoms with Gasteiger partial charge in [-0.05, 0) is 38.0 Å². The number of carbonyl (C=O) groups is 1. The summed E-state index contributed by atoms with van der Waals surface area (Å²) in [4.78, 5) is 11.5. The molecular formula is C11H19NO2. The average Bonchev–Trinajstić information content (AvgIpc) is 2.94. The molecule has 3 heteroatoms. The highest BCUT2D eigenvalue weighted by atomic mass is 16.3. The van der Waals surface area contributed by atoms with Crippen LogP contribution in [0.3, 0.4) is 0 Å². The molecule has 2 saturated carbocycles. The summed E-state index contributed by atoms with van der Waals surface area (Å²) in [7, 11) is 0. The van der Waals surface area contributed by atoms with E-state index in [-0.39, 0.29) is 24.0 Å². The van der Waals surface area contributed by atoms with Gasteiger partial charge in [-0.25, -0.2) is 0 Å². The summed E-state index contributed by atoms with van der Waals surface area (Å²) >= 11 is 0. The first-order valence-corrected chi connectivity index (χ1v) is 5.65. The number of aliphatic hydroxyl groups is 1. The first-order valence-electron chi connectivity index (χ1n) is 5.65. The van der Waals surface area contributed by atoms with Gasteiger partial charge in [-0.15, -0.1) is 0 Å². The van der Waals surface area contributed by atoms with E-state index in [9.17, 15) is 9.90 Å². The average molecular weight is 197 g/mol. The molecule has 3 atom stereocenters. The van der Waals surface area contributed by atoms with Gasteiger partial charge in [0, 0.05) is 12.0 Å². The third-order valence-corrected chi connectivity index (χ3v) is 3.45. The fourth-order valence-electron chi connectivity index (χ4n) is 2.09. The highest BCUT2D eigenvalue weighted by molar-refractivity contribution is 5.81. The molecule has 0 aromatic carbocycles. The molecule has 2 fully saturated rings. The van der Waals surface area contributed by atoms with E-state index in [0.29, 0.717) is 5.92 Å². The van der Waals surface area contributed by atoms with Crippen molar-refractivity contribution >= 4 is 5.91 Å². The number of nitrogens with one attached hydrogen (secondary N) is 1. The minimum Gasteiger partial charge on any atom is -0.393 e. The van der Waals surface area contributed by atoms with Gasteiger partial charge in [0.2, 0.25) is 5.91 Å². The quantitative estimate of drug-likeness (QED) is 0.695. The number of carbonyl (C=O) groups excluding carboxylic acids is 1. The van der Waals surface area contributed by atoms with Crippen LogP contribution in [0.15, 0.2) is 0 Å². The third-order valence-electron chi connectivity index (χ3n) is 3.45. The molecule has 1 amide bonds. The predicted octanol–water partition coefficient (Wildman–Crippen LogP) is 1.06. The van der Waals surface area contributed by atoms with Crippen molar-refractivity contribution in [1.82, 2.24) is 5.32 Å². The van der Waals surface area contributed by atoms with Crippen LogP contribution >= 0.6 is 0 Å². The van der Waals surface area contributed by atoms with Gasteiger partial charge < -0.3 is 10.4 Å². The number of hydrogen-bond donors (Lipinski definition) is 2. The van der Waals surface area contributed by atoms with Gasteiger partial charge in [0.25, 0.3) is 0 Å². The fraction of sp³-hybridized carbons (Fsp3) is 0.909. The lowest BCUT2D eigenvalue weighted by molar-refractivity contribution is -0.123. The van der Waals surface area contributed by atoms with Crippen molar-refractivity contribution in [3.8, 4) is 0 Å². The van der Waals surface area contributed by atoms with E-state index in [4.69, 9.17) is 0 Å². The maximum absolute atomic E-state index is 11.5. The Balaban J connectivity index is 1.78. The van der Waals surface area contributed by atoms with Crippen LogP contribution in [-0.2, 0) is 4.79 Å². The summed E-state index contributed by atoms with van der Waals surface area (Å²) in [6.07, 6.45) is 4.66. The van der Waals surface area contributed by atoms with Gasteiger partial charge in [0.15, 0.2) is 0 Å². The standard InChI is InChI=1S/C11H19NO2/c1-7-2-5-9(6-10(7)13)12-11(14)8-3-4-8/h7-10,13H,2-6H2,1H3,(H,12,14). The van der Waals surface area contributed by atoms with Gasteiger partial charge in [-0.2, -0.15) is 0 Å². The van der Waals surface area contributed by atoms with Crippen molar-refractivity contribution in [3.05, 3.63) is 0 Å². The minimum absolute atomic E-state index is 0.205. The van der Waals surface area contributed by atoms with Crippen molar-refractivity contribution in [2.24, 2.45) is 11.8 Å². The first-order chi connectivity index (χ1) is 6.66. The fourth-order valence-corrected chi connectivity index (χ4v) is 2.09. The minimum atomic E-state index is -0.228. The number of aliphatic hydroxyl groups excluding tert-OH is 1. The lowest BCUT2D eigenvalue weighted by Crippen LogP contribution is -2.42. The molecule has 0 radical (unpaired) electrons. The second-order valence-electron chi connectivity index (χ2n) is 4.84. The molecule has 3 unspecified atom stereocenters. The Labute approximate surface area is 84.9 Å². The summed E-state index contributed by atoms with van der Waals surface area (Å²) in [5, 5.41) is 12.7. The first kappa shape index (κ1) is 9.97. The maximum atomic E-state index is 11.5. The van der Waals surface area contributed by atoms with Gasteiger partial charge in [-0.1, -0.05) is 6.92 Å². The second kappa shape index (κ2) is 3.89. The van der Waals surface area contributed by atoms with Gasteiger partial charge in [0.1, 0.15) is 0 Å². The molecular weight excluding hydrogens is 178 g/mol.